The number of aromatic nitrogens is 1. The molecule has 2 heterocycles. The maximum absolute atomic E-state index is 11.1. The van der Waals surface area contributed by atoms with Crippen LogP contribution in [0.5, 0.6) is 0 Å². The average Bonchev–Trinajstić information content (AvgIpc) is 3.95. The van der Waals surface area contributed by atoms with Gasteiger partial charge < -0.3 is 30.5 Å². The molecule has 3 N–H and O–H groups in total. The molecule has 10 heteroatoms. The number of rotatable bonds is 13. The number of aryl methyl sites for hydroxylation is 1. The molecule has 8 nitrogen and oxygen atoms in total. The molecule has 4 aliphatic rings. The van der Waals surface area contributed by atoms with Crippen molar-refractivity contribution in [1.29, 1.82) is 0 Å². The van der Waals surface area contributed by atoms with Gasteiger partial charge in [-0.15, -0.1) is 0 Å². The third kappa shape index (κ3) is 9.00. The first-order chi connectivity index (χ1) is 26.1. The van der Waals surface area contributed by atoms with Crippen LogP contribution < -0.4 is 25.2 Å². The SMILES string of the molecule is CC1(C)CC(/C=C2\Sc3ccc(C4C=CC=C4)cc3N2CCCNC(=O)[O-])=CC(=C/C=C/c2sc3ccc(C4C=CC=C4)cc3[n+]2CCCNC(=O)O)/C1. The molecule has 3 aromatic rings. The molecule has 3 aliphatic carbocycles. The van der Waals surface area contributed by atoms with Crippen molar-refractivity contribution in [3.8, 4) is 0 Å². The van der Waals surface area contributed by atoms with Gasteiger partial charge in [-0.05, 0) is 71.2 Å². The van der Waals surface area contributed by atoms with Crippen molar-refractivity contribution >= 4 is 57.3 Å². The summed E-state index contributed by atoms with van der Waals surface area (Å²) >= 11 is 3.53. The van der Waals surface area contributed by atoms with Crippen LogP contribution in [-0.4, -0.2) is 36.9 Å². The van der Waals surface area contributed by atoms with Crippen molar-refractivity contribution in [2.24, 2.45) is 5.41 Å². The van der Waals surface area contributed by atoms with Crippen molar-refractivity contribution < 1.29 is 24.4 Å². The number of hydrogen-bond donors (Lipinski definition) is 3. The number of thiazole rings is 1. The molecular formula is C44H46N4O4S2. The Morgan fingerprint density at radius 2 is 1.67 bits per heavy atom. The fourth-order valence-electron chi connectivity index (χ4n) is 7.63. The van der Waals surface area contributed by atoms with Crippen molar-refractivity contribution in [1.82, 2.24) is 10.6 Å². The monoisotopic (exact) mass is 758 g/mol. The zero-order valence-electron chi connectivity index (χ0n) is 30.7. The van der Waals surface area contributed by atoms with Gasteiger partial charge in [-0.2, -0.15) is 4.57 Å². The van der Waals surface area contributed by atoms with Crippen LogP contribution in [0, 0.1) is 5.41 Å². The van der Waals surface area contributed by atoms with Crippen LogP contribution in [0.1, 0.15) is 67.5 Å². The first-order valence-electron chi connectivity index (χ1n) is 18.6. The topological polar surface area (TPSA) is 109 Å². The molecule has 1 aliphatic heterocycles. The van der Waals surface area contributed by atoms with E-state index in [1.807, 2.05) is 0 Å². The third-order valence-corrected chi connectivity index (χ3v) is 12.3. The highest BCUT2D eigenvalue weighted by atomic mass is 32.2. The van der Waals surface area contributed by atoms with E-state index in [0.717, 1.165) is 22.9 Å². The number of carbonyl (C=O) groups is 2. The lowest BCUT2D eigenvalue weighted by molar-refractivity contribution is -0.669. The van der Waals surface area contributed by atoms with Crippen LogP contribution in [0.15, 0.2) is 130 Å². The molecule has 0 unspecified atom stereocenters. The van der Waals surface area contributed by atoms with Crippen LogP contribution in [0.4, 0.5) is 15.3 Å². The summed E-state index contributed by atoms with van der Waals surface area (Å²) in [5, 5.41) is 27.3. The highest BCUT2D eigenvalue weighted by molar-refractivity contribution is 8.03. The summed E-state index contributed by atoms with van der Waals surface area (Å²) in [4.78, 5) is 25.7. The highest BCUT2D eigenvalue weighted by Gasteiger charge is 2.29. The Labute approximate surface area is 325 Å². The van der Waals surface area contributed by atoms with Gasteiger partial charge in [0, 0.05) is 54.9 Å². The summed E-state index contributed by atoms with van der Waals surface area (Å²) in [5.74, 6) is 0.531. The number of benzene rings is 2. The molecule has 0 atom stereocenters. The van der Waals surface area contributed by atoms with Gasteiger partial charge in [0.1, 0.15) is 10.8 Å². The lowest BCUT2D eigenvalue weighted by Crippen LogP contribution is -2.37. The number of amides is 2. The fourth-order valence-corrected chi connectivity index (χ4v) is 9.86. The molecule has 0 saturated heterocycles. The van der Waals surface area contributed by atoms with Crippen LogP contribution >= 0.6 is 23.1 Å². The van der Waals surface area contributed by atoms with E-state index in [1.54, 1.807) is 23.1 Å². The van der Waals surface area contributed by atoms with E-state index < -0.39 is 12.2 Å². The van der Waals surface area contributed by atoms with Gasteiger partial charge >= 0.3 is 6.09 Å². The number of carbonyl (C=O) groups excluding carboxylic acids is 1. The average molecular weight is 759 g/mol. The van der Waals surface area contributed by atoms with Crippen LogP contribution in [-0.2, 0) is 6.54 Å². The molecule has 7 rings (SSSR count). The van der Waals surface area contributed by atoms with Crippen molar-refractivity contribution in [3.05, 3.63) is 142 Å². The molecule has 0 radical (unpaired) electrons. The Bertz CT molecular complexity index is 2160. The Kier molecular flexibility index (Phi) is 11.4. The Morgan fingerprint density at radius 1 is 0.963 bits per heavy atom. The summed E-state index contributed by atoms with van der Waals surface area (Å²) in [6.07, 6.45) is 29.4. The number of thioether (sulfide) groups is 1. The number of fused-ring (bicyclic) bond motifs is 2. The second kappa shape index (κ2) is 16.5. The molecule has 0 bridgehead atoms. The Morgan fingerprint density at radius 3 is 2.39 bits per heavy atom. The van der Waals surface area contributed by atoms with Gasteiger partial charge in [0.05, 0.1) is 10.7 Å². The molecule has 2 aromatic carbocycles. The van der Waals surface area contributed by atoms with E-state index in [0.29, 0.717) is 39.0 Å². The molecule has 0 saturated carbocycles. The molecular weight excluding hydrogens is 713 g/mol. The number of anilines is 1. The first-order valence-corrected chi connectivity index (χ1v) is 20.2. The maximum Gasteiger partial charge on any atom is 0.404 e. The Hall–Kier alpha value is -5.06. The van der Waals surface area contributed by atoms with Crippen molar-refractivity contribution in [2.75, 3.05) is 24.5 Å². The van der Waals surface area contributed by atoms with Crippen LogP contribution in [0.25, 0.3) is 16.3 Å². The number of carboxylic acid groups (broad SMARTS) is 2. The van der Waals surface area contributed by atoms with Gasteiger partial charge in [0.2, 0.25) is 5.52 Å². The summed E-state index contributed by atoms with van der Waals surface area (Å²) in [6, 6.07) is 13.4. The molecule has 1 aromatic heterocycles. The summed E-state index contributed by atoms with van der Waals surface area (Å²) in [7, 11) is 0. The van der Waals surface area contributed by atoms with Crippen molar-refractivity contribution in [2.45, 2.75) is 62.8 Å². The smallest absolute Gasteiger partial charge is 0.404 e. The highest BCUT2D eigenvalue weighted by Crippen LogP contribution is 2.49. The summed E-state index contributed by atoms with van der Waals surface area (Å²) in [6.45, 7) is 6.77. The molecule has 0 fully saturated rings. The third-order valence-electron chi connectivity index (χ3n) is 10.0. The minimum Gasteiger partial charge on any atom is -0.530 e. The summed E-state index contributed by atoms with van der Waals surface area (Å²) in [5.41, 5.74) is 7.43. The zero-order chi connectivity index (χ0) is 37.7. The molecule has 278 valence electrons. The largest absolute Gasteiger partial charge is 0.530 e. The van der Waals surface area contributed by atoms with E-state index in [2.05, 4.69) is 149 Å². The van der Waals surface area contributed by atoms with E-state index in [1.165, 1.54) is 43.1 Å². The number of nitrogens with one attached hydrogen (secondary N) is 2. The summed E-state index contributed by atoms with van der Waals surface area (Å²) < 4.78 is 3.52. The first kappa shape index (κ1) is 37.3. The lowest BCUT2D eigenvalue weighted by atomic mass is 9.75. The normalized spacial score (nSPS) is 19.2. The number of hydrogen-bond acceptors (Lipinski definition) is 6. The number of nitrogens with zero attached hydrogens (tertiary/aromatic N) is 2. The van der Waals surface area contributed by atoms with Gasteiger partial charge in [-0.1, -0.05) is 116 Å². The zero-order valence-corrected chi connectivity index (χ0v) is 32.3. The van der Waals surface area contributed by atoms with Gasteiger partial charge in [-0.3, -0.25) is 0 Å². The van der Waals surface area contributed by atoms with Crippen LogP contribution in [0.2, 0.25) is 0 Å². The standard InChI is InChI=1S/C44H46N4O4S2/c1-44(2)28-30(10-7-15-40-47(22-8-20-45-42(49)50)36-26-34(16-18-38(36)53-40)32-11-3-4-12-32)24-31(29-44)25-41-48(23-9-21-46-43(51)52)37-27-35(17-19-39(37)54-41)33-13-5-6-14-33/h3-7,10-19,24-27,32-33,45-46H,8-9,20-23,28-29H2,1-2H3,(H-,49,50,51,52). The van der Waals surface area contributed by atoms with E-state index in [9.17, 15) is 14.7 Å². The quantitative estimate of drug-likeness (QED) is 0.119. The second-order valence-corrected chi connectivity index (χ2v) is 17.0. The minimum atomic E-state index is -1.24. The minimum absolute atomic E-state index is 0.0721. The van der Waals surface area contributed by atoms with Crippen molar-refractivity contribution in [3.63, 3.8) is 0 Å². The number of allylic oxidation sites excluding steroid dienone is 14. The van der Waals surface area contributed by atoms with E-state index >= 15 is 0 Å². The van der Waals surface area contributed by atoms with Gasteiger partial charge in [0.15, 0.2) is 6.54 Å². The predicted octanol–water partition coefficient (Wildman–Crippen LogP) is 8.73. The van der Waals surface area contributed by atoms with E-state index in [4.69, 9.17) is 5.11 Å². The molecule has 2 amide bonds. The predicted molar refractivity (Wildman–Crippen MR) is 219 cm³/mol. The van der Waals surface area contributed by atoms with E-state index in [-0.39, 0.29) is 17.3 Å². The Balaban J connectivity index is 1.16. The molecule has 0 spiro atoms. The van der Waals surface area contributed by atoms with Gasteiger partial charge in [-0.25, -0.2) is 4.79 Å². The van der Waals surface area contributed by atoms with Crippen LogP contribution in [0.3, 0.4) is 0 Å². The molecule has 54 heavy (non-hydrogen) atoms. The lowest BCUT2D eigenvalue weighted by Gasteiger charge is -2.31. The second-order valence-electron chi connectivity index (χ2n) is 14.9. The maximum atomic E-state index is 11.1. The van der Waals surface area contributed by atoms with Gasteiger partial charge in [0.25, 0.3) is 5.01 Å². The fraction of sp³-hybridized carbons (Fsp3) is 0.295.